The molecule has 1 aromatic heterocycles. The molecule has 10 nitrogen and oxygen atoms in total. The van der Waals surface area contributed by atoms with Gasteiger partial charge in [-0.3, -0.25) is 19.6 Å². The van der Waals surface area contributed by atoms with Crippen LogP contribution in [0.1, 0.15) is 11.1 Å². The molecule has 0 radical (unpaired) electrons. The average molecular weight is 523 g/mol. The molecule has 3 rings (SSSR count). The zero-order chi connectivity index (χ0) is 23.1. The van der Waals surface area contributed by atoms with E-state index >= 15 is 0 Å². The molecule has 0 aliphatic heterocycles. The topological polar surface area (TPSA) is 121 Å². The van der Waals surface area contributed by atoms with Gasteiger partial charge in [-0.25, -0.2) is 5.43 Å². The lowest BCUT2D eigenvalue weighted by Gasteiger charge is -2.14. The van der Waals surface area contributed by atoms with Crippen LogP contribution in [-0.4, -0.2) is 33.9 Å². The van der Waals surface area contributed by atoms with Gasteiger partial charge < -0.3 is 9.47 Å². The summed E-state index contributed by atoms with van der Waals surface area (Å²) in [6.45, 7) is 0.0384. The molecule has 2 aromatic carbocycles. The third kappa shape index (κ3) is 6.05. The number of benzene rings is 2. The molecule has 1 heterocycles. The van der Waals surface area contributed by atoms with Crippen LogP contribution in [-0.2, 0) is 17.9 Å². The normalized spacial score (nSPS) is 10.8. The van der Waals surface area contributed by atoms with Gasteiger partial charge in [-0.15, -0.1) is 0 Å². The second-order valence-corrected chi connectivity index (χ2v) is 7.62. The van der Waals surface area contributed by atoms with E-state index in [0.717, 1.165) is 22.6 Å². The van der Waals surface area contributed by atoms with Crippen molar-refractivity contribution in [3.05, 3.63) is 79.5 Å². The Morgan fingerprint density at radius 3 is 2.88 bits per heavy atom. The van der Waals surface area contributed by atoms with Crippen LogP contribution in [0.15, 0.2) is 58.4 Å². The molecule has 0 saturated heterocycles. The Morgan fingerprint density at radius 1 is 1.41 bits per heavy atom. The summed E-state index contributed by atoms with van der Waals surface area (Å²) in [7, 11) is 1.51. The first-order chi connectivity index (χ1) is 15.4. The van der Waals surface area contributed by atoms with Crippen molar-refractivity contribution < 1.29 is 19.2 Å². The van der Waals surface area contributed by atoms with Gasteiger partial charge in [0, 0.05) is 10.6 Å². The van der Waals surface area contributed by atoms with Crippen molar-refractivity contribution in [3.63, 3.8) is 0 Å². The summed E-state index contributed by atoms with van der Waals surface area (Å²) >= 11 is 9.62. The fourth-order valence-corrected chi connectivity index (χ4v) is 3.38. The van der Waals surface area contributed by atoms with E-state index in [1.807, 2.05) is 18.2 Å². The first-order valence-electron chi connectivity index (χ1n) is 9.10. The van der Waals surface area contributed by atoms with Crippen LogP contribution in [0.2, 0.25) is 5.02 Å². The SMILES string of the molecule is COc1cc(C=NNC(=O)Cn2cc([N+](=O)[O-])cn2)cc(Br)c1OCc1ccccc1Cl. The van der Waals surface area contributed by atoms with Crippen LogP contribution in [0.25, 0.3) is 0 Å². The highest BCUT2D eigenvalue weighted by Gasteiger charge is 2.13. The molecule has 32 heavy (non-hydrogen) atoms. The van der Waals surface area contributed by atoms with E-state index in [1.165, 1.54) is 13.3 Å². The van der Waals surface area contributed by atoms with Crippen molar-refractivity contribution in [1.29, 1.82) is 0 Å². The van der Waals surface area contributed by atoms with Gasteiger partial charge in [0.1, 0.15) is 25.5 Å². The Bertz CT molecular complexity index is 1170. The molecule has 166 valence electrons. The van der Waals surface area contributed by atoms with Crippen molar-refractivity contribution in [2.24, 2.45) is 5.10 Å². The molecule has 0 fully saturated rings. The van der Waals surface area contributed by atoms with Crippen LogP contribution in [0.3, 0.4) is 0 Å². The van der Waals surface area contributed by atoms with Crippen LogP contribution in [0.4, 0.5) is 5.69 Å². The third-order valence-electron chi connectivity index (χ3n) is 4.12. The molecule has 0 aliphatic carbocycles. The maximum absolute atomic E-state index is 12.0. The lowest BCUT2D eigenvalue weighted by atomic mass is 10.2. The molecule has 0 atom stereocenters. The van der Waals surface area contributed by atoms with Gasteiger partial charge >= 0.3 is 5.69 Å². The predicted molar refractivity (Wildman–Crippen MR) is 121 cm³/mol. The van der Waals surface area contributed by atoms with Crippen LogP contribution >= 0.6 is 27.5 Å². The number of hydrazone groups is 1. The monoisotopic (exact) mass is 521 g/mol. The standard InChI is InChI=1S/C20H17BrClN5O5/c1-31-18-7-13(6-16(21)20(18)32-12-14-4-2-3-5-17(14)22)8-23-25-19(28)11-26-10-15(9-24-26)27(29)30/h2-10H,11-12H2,1H3,(H,25,28). The molecule has 1 amide bonds. The number of aromatic nitrogens is 2. The van der Waals surface area contributed by atoms with Crippen LogP contribution in [0, 0.1) is 10.1 Å². The number of carbonyl (C=O) groups excluding carboxylic acids is 1. The van der Waals surface area contributed by atoms with E-state index in [0.29, 0.717) is 26.6 Å². The lowest BCUT2D eigenvalue weighted by molar-refractivity contribution is -0.385. The lowest BCUT2D eigenvalue weighted by Crippen LogP contribution is -2.23. The quantitative estimate of drug-likeness (QED) is 0.258. The Hall–Kier alpha value is -3.44. The number of ether oxygens (including phenoxy) is 2. The maximum atomic E-state index is 12.0. The number of nitro groups is 1. The summed E-state index contributed by atoms with van der Waals surface area (Å²) in [5.74, 6) is 0.460. The zero-order valence-electron chi connectivity index (χ0n) is 16.7. The molecule has 0 spiro atoms. The number of nitrogens with zero attached hydrogens (tertiary/aromatic N) is 4. The van der Waals surface area contributed by atoms with Crippen molar-refractivity contribution in [1.82, 2.24) is 15.2 Å². The first-order valence-corrected chi connectivity index (χ1v) is 10.3. The minimum Gasteiger partial charge on any atom is -0.493 e. The first kappa shape index (κ1) is 23.2. The fraction of sp³-hybridized carbons (Fsp3) is 0.150. The van der Waals surface area contributed by atoms with Crippen molar-refractivity contribution >= 4 is 45.3 Å². The average Bonchev–Trinajstić information content (AvgIpc) is 3.22. The Balaban J connectivity index is 1.63. The summed E-state index contributed by atoms with van der Waals surface area (Å²) in [5, 5.41) is 18.9. The molecule has 0 unspecified atom stereocenters. The summed E-state index contributed by atoms with van der Waals surface area (Å²) in [6.07, 6.45) is 3.65. The molecule has 0 bridgehead atoms. The summed E-state index contributed by atoms with van der Waals surface area (Å²) in [5.41, 5.74) is 3.61. The Kier molecular flexibility index (Phi) is 7.79. The van der Waals surface area contributed by atoms with E-state index in [1.54, 1.807) is 18.2 Å². The fourth-order valence-electron chi connectivity index (χ4n) is 2.61. The smallest absolute Gasteiger partial charge is 0.307 e. The van der Waals surface area contributed by atoms with Gasteiger partial charge in [-0.1, -0.05) is 29.8 Å². The molecular weight excluding hydrogens is 506 g/mol. The van der Waals surface area contributed by atoms with Crippen molar-refractivity contribution in [2.75, 3.05) is 7.11 Å². The number of nitrogens with one attached hydrogen (secondary N) is 1. The minimum absolute atomic E-state index is 0.199. The van der Waals surface area contributed by atoms with Gasteiger partial charge in [0.05, 0.1) is 22.7 Å². The molecule has 12 heteroatoms. The van der Waals surface area contributed by atoms with Gasteiger partial charge in [0.15, 0.2) is 11.5 Å². The highest BCUT2D eigenvalue weighted by Crippen LogP contribution is 2.37. The number of carbonyl (C=O) groups is 1. The van der Waals surface area contributed by atoms with E-state index in [2.05, 4.69) is 31.6 Å². The number of halogens is 2. The number of amides is 1. The number of rotatable bonds is 9. The molecule has 0 aliphatic rings. The summed E-state index contributed by atoms with van der Waals surface area (Å²) in [6, 6.07) is 10.8. The number of hydrogen-bond acceptors (Lipinski definition) is 7. The molecule has 1 N–H and O–H groups in total. The summed E-state index contributed by atoms with van der Waals surface area (Å²) in [4.78, 5) is 22.0. The van der Waals surface area contributed by atoms with Gasteiger partial charge in [-0.2, -0.15) is 10.2 Å². The molecular formula is C20H17BrClN5O5. The summed E-state index contributed by atoms with van der Waals surface area (Å²) < 4.78 is 13.1. The van der Waals surface area contributed by atoms with Gasteiger partial charge in [0.25, 0.3) is 5.91 Å². The van der Waals surface area contributed by atoms with Gasteiger partial charge in [0.2, 0.25) is 0 Å². The van der Waals surface area contributed by atoms with Crippen molar-refractivity contribution in [2.45, 2.75) is 13.2 Å². The van der Waals surface area contributed by atoms with E-state index in [-0.39, 0.29) is 18.8 Å². The minimum atomic E-state index is -0.591. The predicted octanol–water partition coefficient (Wildman–Crippen LogP) is 3.95. The van der Waals surface area contributed by atoms with Gasteiger partial charge in [-0.05, 0) is 39.7 Å². The number of methoxy groups -OCH3 is 1. The molecule has 3 aromatic rings. The Labute approximate surface area is 196 Å². The zero-order valence-corrected chi connectivity index (χ0v) is 19.0. The maximum Gasteiger partial charge on any atom is 0.307 e. The number of hydrogen-bond donors (Lipinski definition) is 1. The van der Waals surface area contributed by atoms with E-state index in [4.69, 9.17) is 21.1 Å². The third-order valence-corrected chi connectivity index (χ3v) is 5.08. The largest absolute Gasteiger partial charge is 0.493 e. The second-order valence-electron chi connectivity index (χ2n) is 6.36. The highest BCUT2D eigenvalue weighted by molar-refractivity contribution is 9.10. The second kappa shape index (κ2) is 10.7. The Morgan fingerprint density at radius 2 is 2.19 bits per heavy atom. The molecule has 0 saturated carbocycles. The van der Waals surface area contributed by atoms with Crippen LogP contribution in [0.5, 0.6) is 11.5 Å². The van der Waals surface area contributed by atoms with E-state index < -0.39 is 10.8 Å². The highest BCUT2D eigenvalue weighted by atomic mass is 79.9. The van der Waals surface area contributed by atoms with Crippen LogP contribution < -0.4 is 14.9 Å². The van der Waals surface area contributed by atoms with E-state index in [9.17, 15) is 14.9 Å². The van der Waals surface area contributed by atoms with Crippen molar-refractivity contribution in [3.8, 4) is 11.5 Å².